The highest BCUT2D eigenvalue weighted by Gasteiger charge is 2.37. The Morgan fingerprint density at radius 2 is 1.74 bits per heavy atom. The largest absolute Gasteiger partial charge is 0.416 e. The van der Waals surface area contributed by atoms with Crippen LogP contribution in [0.1, 0.15) is 38.1 Å². The molecular formula is C16H26O2Si. The molecule has 1 aromatic rings. The molecule has 2 nitrogen and oxygen atoms in total. The molecule has 1 aromatic carbocycles. The Morgan fingerprint density at radius 1 is 1.21 bits per heavy atom. The van der Waals surface area contributed by atoms with Gasteiger partial charge in [0.2, 0.25) is 0 Å². The van der Waals surface area contributed by atoms with Gasteiger partial charge < -0.3 is 4.43 Å². The Morgan fingerprint density at radius 3 is 2.21 bits per heavy atom. The Labute approximate surface area is 118 Å². The molecule has 0 aliphatic carbocycles. The Bertz CT molecular complexity index is 418. The van der Waals surface area contributed by atoms with Crippen LogP contribution < -0.4 is 0 Å². The minimum absolute atomic E-state index is 0.0866. The first-order valence-corrected chi connectivity index (χ1v) is 9.79. The standard InChI is InChI=1S/C16H26O2Si/c1-13(12-18-19(5,6)16(2,3)4)15(17)14-10-8-7-9-11-14/h7-11,13H,12H2,1-6H3. The summed E-state index contributed by atoms with van der Waals surface area (Å²) >= 11 is 0. The predicted molar refractivity (Wildman–Crippen MR) is 83.1 cm³/mol. The van der Waals surface area contributed by atoms with Gasteiger partial charge >= 0.3 is 0 Å². The van der Waals surface area contributed by atoms with E-state index in [4.69, 9.17) is 4.43 Å². The van der Waals surface area contributed by atoms with Crippen molar-refractivity contribution in [1.82, 2.24) is 0 Å². The topological polar surface area (TPSA) is 26.3 Å². The van der Waals surface area contributed by atoms with Crippen LogP contribution in [0.5, 0.6) is 0 Å². The minimum Gasteiger partial charge on any atom is -0.416 e. The molecule has 0 radical (unpaired) electrons. The van der Waals surface area contributed by atoms with Crippen LogP contribution >= 0.6 is 0 Å². The van der Waals surface area contributed by atoms with Crippen molar-refractivity contribution in [3.8, 4) is 0 Å². The summed E-state index contributed by atoms with van der Waals surface area (Å²) in [5, 5.41) is 0.183. The van der Waals surface area contributed by atoms with Crippen LogP contribution in [0.3, 0.4) is 0 Å². The molecule has 0 saturated carbocycles. The number of ketones is 1. The van der Waals surface area contributed by atoms with E-state index in [1.807, 2.05) is 37.3 Å². The third-order valence-corrected chi connectivity index (χ3v) is 8.51. The second kappa shape index (κ2) is 6.01. The molecule has 0 fully saturated rings. The number of Topliss-reactive ketones (excluding diaryl/α,β-unsaturated/α-hetero) is 1. The number of carbonyl (C=O) groups excluding carboxylic acids is 1. The summed E-state index contributed by atoms with van der Waals surface area (Å²) in [6.45, 7) is 13.5. The lowest BCUT2D eigenvalue weighted by Crippen LogP contribution is -2.42. The van der Waals surface area contributed by atoms with Crippen molar-refractivity contribution in [3.63, 3.8) is 0 Å². The maximum Gasteiger partial charge on any atom is 0.192 e. The monoisotopic (exact) mass is 278 g/mol. The molecule has 1 unspecified atom stereocenters. The van der Waals surface area contributed by atoms with Gasteiger partial charge in [-0.05, 0) is 18.1 Å². The fraction of sp³-hybridized carbons (Fsp3) is 0.562. The van der Waals surface area contributed by atoms with Crippen molar-refractivity contribution in [2.24, 2.45) is 5.92 Å². The summed E-state index contributed by atoms with van der Waals surface area (Å²) in [6.07, 6.45) is 0. The summed E-state index contributed by atoms with van der Waals surface area (Å²) < 4.78 is 6.12. The van der Waals surface area contributed by atoms with Gasteiger partial charge in [-0.1, -0.05) is 58.0 Å². The van der Waals surface area contributed by atoms with Crippen LogP contribution in [0, 0.1) is 5.92 Å². The first-order chi connectivity index (χ1) is 8.65. The van der Waals surface area contributed by atoms with Crippen LogP contribution in [0.2, 0.25) is 18.1 Å². The highest BCUT2D eigenvalue weighted by molar-refractivity contribution is 6.74. The number of hydrogen-bond donors (Lipinski definition) is 0. The number of rotatable bonds is 5. The third-order valence-electron chi connectivity index (χ3n) is 4.01. The van der Waals surface area contributed by atoms with E-state index in [-0.39, 0.29) is 16.7 Å². The summed E-state index contributed by atoms with van der Waals surface area (Å²) in [6, 6.07) is 9.45. The van der Waals surface area contributed by atoms with E-state index < -0.39 is 8.32 Å². The van der Waals surface area contributed by atoms with Crippen molar-refractivity contribution in [3.05, 3.63) is 35.9 Å². The van der Waals surface area contributed by atoms with Gasteiger partial charge in [-0.15, -0.1) is 0 Å². The number of benzene rings is 1. The molecule has 1 atom stereocenters. The van der Waals surface area contributed by atoms with Crippen LogP contribution in [0.15, 0.2) is 30.3 Å². The lowest BCUT2D eigenvalue weighted by Gasteiger charge is -2.36. The van der Waals surface area contributed by atoms with Crippen molar-refractivity contribution < 1.29 is 9.22 Å². The normalized spacial score (nSPS) is 14.2. The molecule has 0 N–H and O–H groups in total. The zero-order valence-electron chi connectivity index (χ0n) is 13.0. The van der Waals surface area contributed by atoms with E-state index in [0.29, 0.717) is 6.61 Å². The quantitative estimate of drug-likeness (QED) is 0.584. The molecule has 0 saturated heterocycles. The Kier molecular flexibility index (Phi) is 5.10. The summed E-state index contributed by atoms with van der Waals surface area (Å²) in [5.74, 6) is 0.0795. The average molecular weight is 278 g/mol. The van der Waals surface area contributed by atoms with Crippen molar-refractivity contribution in [1.29, 1.82) is 0 Å². The summed E-state index contributed by atoms with van der Waals surface area (Å²) in [7, 11) is -1.77. The molecule has 0 spiro atoms. The van der Waals surface area contributed by atoms with E-state index in [0.717, 1.165) is 5.56 Å². The lowest BCUT2D eigenvalue weighted by atomic mass is 10.0. The molecule has 0 aromatic heterocycles. The predicted octanol–water partition coefficient (Wildman–Crippen LogP) is 4.53. The zero-order valence-corrected chi connectivity index (χ0v) is 14.0. The summed E-state index contributed by atoms with van der Waals surface area (Å²) in [5.41, 5.74) is 0.772. The number of carbonyl (C=O) groups is 1. The van der Waals surface area contributed by atoms with E-state index in [2.05, 4.69) is 33.9 Å². The highest BCUT2D eigenvalue weighted by Crippen LogP contribution is 2.36. The van der Waals surface area contributed by atoms with Crippen molar-refractivity contribution in [2.75, 3.05) is 6.61 Å². The molecule has 0 heterocycles. The van der Waals surface area contributed by atoms with Gasteiger partial charge in [-0.25, -0.2) is 0 Å². The van der Waals surface area contributed by atoms with E-state index >= 15 is 0 Å². The van der Waals surface area contributed by atoms with Crippen molar-refractivity contribution >= 4 is 14.1 Å². The molecule has 0 aliphatic heterocycles. The van der Waals surface area contributed by atoms with Crippen LogP contribution in [0.25, 0.3) is 0 Å². The fourth-order valence-corrected chi connectivity index (χ4v) is 2.61. The van der Waals surface area contributed by atoms with Crippen LogP contribution in [-0.4, -0.2) is 20.7 Å². The fourth-order valence-electron chi connectivity index (χ4n) is 1.51. The average Bonchev–Trinajstić information content (AvgIpc) is 2.35. The van der Waals surface area contributed by atoms with Crippen LogP contribution in [0.4, 0.5) is 0 Å². The van der Waals surface area contributed by atoms with Crippen LogP contribution in [-0.2, 0) is 4.43 Å². The van der Waals surface area contributed by atoms with Crippen molar-refractivity contribution in [2.45, 2.75) is 45.8 Å². The zero-order chi connectivity index (χ0) is 14.7. The third kappa shape index (κ3) is 4.29. The lowest BCUT2D eigenvalue weighted by molar-refractivity contribution is 0.0882. The molecule has 0 aliphatic rings. The first-order valence-electron chi connectivity index (χ1n) is 6.88. The Balaban J connectivity index is 2.62. The highest BCUT2D eigenvalue weighted by atomic mass is 28.4. The number of hydrogen-bond acceptors (Lipinski definition) is 2. The van der Waals surface area contributed by atoms with Gasteiger partial charge in [0, 0.05) is 18.1 Å². The van der Waals surface area contributed by atoms with Gasteiger partial charge in [0.25, 0.3) is 0 Å². The van der Waals surface area contributed by atoms with Gasteiger partial charge in [-0.3, -0.25) is 4.79 Å². The van der Waals surface area contributed by atoms with Gasteiger partial charge in [0.1, 0.15) is 0 Å². The molecule has 0 bridgehead atoms. The second-order valence-electron chi connectivity index (χ2n) is 6.70. The minimum atomic E-state index is -1.77. The second-order valence-corrected chi connectivity index (χ2v) is 11.5. The Hall–Kier alpha value is -0.933. The molecular weight excluding hydrogens is 252 g/mol. The summed E-state index contributed by atoms with van der Waals surface area (Å²) in [4.78, 5) is 12.2. The SMILES string of the molecule is CC(CO[Si](C)(C)C(C)(C)C)C(=O)c1ccccc1. The van der Waals surface area contributed by atoms with E-state index in [9.17, 15) is 4.79 Å². The van der Waals surface area contributed by atoms with Gasteiger partial charge in [-0.2, -0.15) is 0 Å². The maximum absolute atomic E-state index is 12.2. The van der Waals surface area contributed by atoms with E-state index in [1.54, 1.807) is 0 Å². The molecule has 106 valence electrons. The molecule has 19 heavy (non-hydrogen) atoms. The molecule has 3 heteroatoms. The molecule has 1 rings (SSSR count). The smallest absolute Gasteiger partial charge is 0.192 e. The van der Waals surface area contributed by atoms with Gasteiger partial charge in [0.15, 0.2) is 14.1 Å². The van der Waals surface area contributed by atoms with E-state index in [1.165, 1.54) is 0 Å². The first kappa shape index (κ1) is 16.1. The maximum atomic E-state index is 12.2. The molecule has 0 amide bonds. The van der Waals surface area contributed by atoms with Gasteiger partial charge in [0.05, 0.1) is 0 Å².